The van der Waals surface area contributed by atoms with Gasteiger partial charge in [0.05, 0.1) is 24.3 Å². The minimum absolute atomic E-state index is 0.152. The third-order valence-corrected chi connectivity index (χ3v) is 5.26. The van der Waals surface area contributed by atoms with Crippen LogP contribution in [0.15, 0.2) is 65.7 Å². The number of hydrogen-bond acceptors (Lipinski definition) is 8. The topological polar surface area (TPSA) is 123 Å². The molecule has 0 fully saturated rings. The summed E-state index contributed by atoms with van der Waals surface area (Å²) in [5, 5.41) is 9.75. The smallest absolute Gasteiger partial charge is 0.261 e. The number of fused-ring (bicyclic) bond motifs is 1. The zero-order chi connectivity index (χ0) is 24.6. The molecule has 180 valence electrons. The number of aryl methyl sites for hydroxylation is 2. The predicted molar refractivity (Wildman–Crippen MR) is 135 cm³/mol. The van der Waals surface area contributed by atoms with Crippen molar-refractivity contribution in [3.8, 4) is 5.75 Å². The SMILES string of the molecule is COc1ccc(Nc2cc(C)nc(NCCNC(=O)CCn3cnc4ccccc4c3=O)n2)cc1. The molecule has 0 saturated heterocycles. The number of nitrogens with zero attached hydrogens (tertiary/aromatic N) is 4. The zero-order valence-electron chi connectivity index (χ0n) is 19.6. The van der Waals surface area contributed by atoms with Gasteiger partial charge in [-0.3, -0.25) is 14.2 Å². The van der Waals surface area contributed by atoms with Gasteiger partial charge in [-0.15, -0.1) is 0 Å². The highest BCUT2D eigenvalue weighted by Gasteiger charge is 2.07. The van der Waals surface area contributed by atoms with E-state index in [9.17, 15) is 9.59 Å². The largest absolute Gasteiger partial charge is 0.497 e. The highest BCUT2D eigenvalue weighted by atomic mass is 16.5. The van der Waals surface area contributed by atoms with Gasteiger partial charge < -0.3 is 20.7 Å². The van der Waals surface area contributed by atoms with Crippen molar-refractivity contribution in [2.75, 3.05) is 30.8 Å². The van der Waals surface area contributed by atoms with Crippen LogP contribution in [0, 0.1) is 6.92 Å². The van der Waals surface area contributed by atoms with Crippen molar-refractivity contribution < 1.29 is 9.53 Å². The molecule has 35 heavy (non-hydrogen) atoms. The maximum atomic E-state index is 12.5. The number of rotatable bonds is 10. The summed E-state index contributed by atoms with van der Waals surface area (Å²) in [7, 11) is 1.63. The Morgan fingerprint density at radius 1 is 1.06 bits per heavy atom. The van der Waals surface area contributed by atoms with E-state index in [2.05, 4.69) is 30.9 Å². The van der Waals surface area contributed by atoms with Gasteiger partial charge >= 0.3 is 0 Å². The van der Waals surface area contributed by atoms with Gasteiger partial charge in [0.2, 0.25) is 11.9 Å². The summed E-state index contributed by atoms with van der Waals surface area (Å²) >= 11 is 0. The van der Waals surface area contributed by atoms with E-state index in [1.54, 1.807) is 25.3 Å². The molecule has 0 atom stereocenters. The molecule has 0 aliphatic rings. The normalized spacial score (nSPS) is 10.7. The number of nitrogens with one attached hydrogen (secondary N) is 3. The summed E-state index contributed by atoms with van der Waals surface area (Å²) < 4.78 is 6.63. The van der Waals surface area contributed by atoms with Crippen LogP contribution in [0.3, 0.4) is 0 Å². The van der Waals surface area contributed by atoms with E-state index in [0.717, 1.165) is 17.1 Å². The summed E-state index contributed by atoms with van der Waals surface area (Å²) in [4.78, 5) is 37.9. The number of benzene rings is 2. The van der Waals surface area contributed by atoms with Crippen LogP contribution in [0.4, 0.5) is 17.5 Å². The minimum atomic E-state index is -0.154. The van der Waals surface area contributed by atoms with E-state index in [-0.39, 0.29) is 24.4 Å². The van der Waals surface area contributed by atoms with Crippen LogP contribution in [0.1, 0.15) is 12.1 Å². The molecule has 4 rings (SSSR count). The first-order valence-corrected chi connectivity index (χ1v) is 11.2. The molecule has 0 bridgehead atoms. The molecule has 0 spiro atoms. The number of hydrogen-bond donors (Lipinski definition) is 3. The summed E-state index contributed by atoms with van der Waals surface area (Å²) in [6.45, 7) is 2.99. The molecule has 0 radical (unpaired) electrons. The minimum Gasteiger partial charge on any atom is -0.497 e. The standard InChI is InChI=1S/C25H27N7O3/c1-17-15-22(30-18-7-9-19(35-2)10-8-18)31-25(29-17)27-13-12-26-23(33)11-14-32-16-28-21-6-4-3-5-20(21)24(32)34/h3-10,15-16H,11-14H2,1-2H3,(H,26,33)(H2,27,29,30,31). The van der Waals surface area contributed by atoms with Crippen molar-refractivity contribution in [2.45, 2.75) is 19.9 Å². The Kier molecular flexibility index (Phi) is 7.51. The fourth-order valence-electron chi connectivity index (χ4n) is 3.49. The molecular formula is C25H27N7O3. The number of ether oxygens (including phenoxy) is 1. The maximum Gasteiger partial charge on any atom is 0.261 e. The first-order chi connectivity index (χ1) is 17.0. The Morgan fingerprint density at radius 2 is 1.86 bits per heavy atom. The van der Waals surface area contributed by atoms with Crippen molar-refractivity contribution in [2.24, 2.45) is 0 Å². The molecule has 2 aromatic heterocycles. The second kappa shape index (κ2) is 11.1. The highest BCUT2D eigenvalue weighted by Crippen LogP contribution is 2.19. The lowest BCUT2D eigenvalue weighted by Gasteiger charge is -2.11. The van der Waals surface area contributed by atoms with E-state index < -0.39 is 0 Å². The number of methoxy groups -OCH3 is 1. The molecule has 0 aliphatic heterocycles. The first kappa shape index (κ1) is 23.7. The van der Waals surface area contributed by atoms with Gasteiger partial charge in [0, 0.05) is 43.5 Å². The highest BCUT2D eigenvalue weighted by molar-refractivity contribution is 5.77. The number of amides is 1. The first-order valence-electron chi connectivity index (χ1n) is 11.2. The molecule has 0 aliphatic carbocycles. The van der Waals surface area contributed by atoms with Gasteiger partial charge in [0.25, 0.3) is 5.56 Å². The Morgan fingerprint density at radius 3 is 2.66 bits per heavy atom. The number of aromatic nitrogens is 4. The molecule has 0 unspecified atom stereocenters. The van der Waals surface area contributed by atoms with Gasteiger partial charge in [-0.1, -0.05) is 12.1 Å². The third kappa shape index (κ3) is 6.32. The number of carbonyl (C=O) groups excluding carboxylic acids is 1. The van der Waals surface area contributed by atoms with E-state index in [0.29, 0.717) is 35.8 Å². The van der Waals surface area contributed by atoms with E-state index in [1.165, 1.54) is 10.9 Å². The monoisotopic (exact) mass is 473 g/mol. The number of carbonyl (C=O) groups is 1. The van der Waals surface area contributed by atoms with Gasteiger partial charge in [0.15, 0.2) is 0 Å². The summed E-state index contributed by atoms with van der Waals surface area (Å²) in [6, 6.07) is 16.5. The second-order valence-electron chi connectivity index (χ2n) is 7.86. The quantitative estimate of drug-likeness (QED) is 0.301. The number of para-hydroxylation sites is 1. The Hall–Kier alpha value is -4.47. The summed E-state index contributed by atoms with van der Waals surface area (Å²) in [6.07, 6.45) is 1.66. The lowest BCUT2D eigenvalue weighted by atomic mass is 10.2. The van der Waals surface area contributed by atoms with Crippen LogP contribution in [-0.4, -0.2) is 45.6 Å². The zero-order valence-corrected chi connectivity index (χ0v) is 19.6. The molecule has 2 aromatic carbocycles. The van der Waals surface area contributed by atoms with Crippen molar-refractivity contribution in [3.05, 3.63) is 77.0 Å². The van der Waals surface area contributed by atoms with Gasteiger partial charge in [-0.2, -0.15) is 4.98 Å². The van der Waals surface area contributed by atoms with Gasteiger partial charge in [-0.05, 0) is 43.3 Å². The van der Waals surface area contributed by atoms with Crippen LogP contribution in [0.2, 0.25) is 0 Å². The average Bonchev–Trinajstić information content (AvgIpc) is 2.86. The molecule has 1 amide bonds. The van der Waals surface area contributed by atoms with Crippen LogP contribution in [-0.2, 0) is 11.3 Å². The molecule has 4 aromatic rings. The van der Waals surface area contributed by atoms with Crippen molar-refractivity contribution >= 4 is 34.3 Å². The molecule has 10 heteroatoms. The lowest BCUT2D eigenvalue weighted by molar-refractivity contribution is -0.121. The van der Waals surface area contributed by atoms with Gasteiger partial charge in [-0.25, -0.2) is 9.97 Å². The molecule has 0 saturated carbocycles. The fourth-order valence-corrected chi connectivity index (χ4v) is 3.49. The van der Waals surface area contributed by atoms with Crippen molar-refractivity contribution in [3.63, 3.8) is 0 Å². The lowest BCUT2D eigenvalue weighted by Crippen LogP contribution is -2.31. The Bertz CT molecular complexity index is 1370. The van der Waals surface area contributed by atoms with E-state index in [1.807, 2.05) is 43.3 Å². The van der Waals surface area contributed by atoms with E-state index >= 15 is 0 Å². The predicted octanol–water partition coefficient (Wildman–Crippen LogP) is 2.87. The Balaban J connectivity index is 1.24. The molecular weight excluding hydrogens is 446 g/mol. The summed E-state index contributed by atoms with van der Waals surface area (Å²) in [5.41, 5.74) is 2.17. The van der Waals surface area contributed by atoms with Crippen molar-refractivity contribution in [1.82, 2.24) is 24.8 Å². The van der Waals surface area contributed by atoms with Crippen LogP contribution >= 0.6 is 0 Å². The number of anilines is 3. The molecule has 3 N–H and O–H groups in total. The average molecular weight is 474 g/mol. The fraction of sp³-hybridized carbons (Fsp3) is 0.240. The van der Waals surface area contributed by atoms with E-state index in [4.69, 9.17) is 4.74 Å². The van der Waals surface area contributed by atoms with Crippen LogP contribution in [0.25, 0.3) is 10.9 Å². The maximum absolute atomic E-state index is 12.5. The van der Waals surface area contributed by atoms with Crippen LogP contribution in [0.5, 0.6) is 5.75 Å². The van der Waals surface area contributed by atoms with Gasteiger partial charge in [0.1, 0.15) is 11.6 Å². The molecule has 2 heterocycles. The van der Waals surface area contributed by atoms with Crippen LogP contribution < -0.4 is 26.2 Å². The third-order valence-electron chi connectivity index (χ3n) is 5.26. The second-order valence-corrected chi connectivity index (χ2v) is 7.86. The van der Waals surface area contributed by atoms with Crippen molar-refractivity contribution in [1.29, 1.82) is 0 Å². The Labute approximate surface area is 202 Å². The molecule has 10 nitrogen and oxygen atoms in total. The summed E-state index contributed by atoms with van der Waals surface area (Å²) in [5.74, 6) is 1.74.